The van der Waals surface area contributed by atoms with E-state index in [9.17, 15) is 4.39 Å². The lowest BCUT2D eigenvalue weighted by Gasteiger charge is -2.08. The molecular formula is C18H15FN4. The van der Waals surface area contributed by atoms with Crippen LogP contribution in [0.4, 0.5) is 10.2 Å². The summed E-state index contributed by atoms with van der Waals surface area (Å²) in [6, 6.07) is 13.1. The Kier molecular flexibility index (Phi) is 3.38. The van der Waals surface area contributed by atoms with Gasteiger partial charge in [-0.2, -0.15) is 0 Å². The normalized spacial score (nSPS) is 11.2. The van der Waals surface area contributed by atoms with Crippen LogP contribution >= 0.6 is 0 Å². The van der Waals surface area contributed by atoms with Gasteiger partial charge in [-0.25, -0.2) is 14.4 Å². The van der Waals surface area contributed by atoms with E-state index in [2.05, 4.69) is 32.4 Å². The lowest BCUT2D eigenvalue weighted by atomic mass is 10.1. The number of anilines is 1. The Bertz CT molecular complexity index is 977. The molecule has 2 aromatic carbocycles. The van der Waals surface area contributed by atoms with Gasteiger partial charge < -0.3 is 10.3 Å². The van der Waals surface area contributed by atoms with Gasteiger partial charge >= 0.3 is 0 Å². The van der Waals surface area contributed by atoms with Crippen molar-refractivity contribution in [3.63, 3.8) is 0 Å². The number of rotatable bonds is 4. The maximum Gasteiger partial charge on any atom is 0.149 e. The Morgan fingerprint density at radius 3 is 2.83 bits per heavy atom. The molecule has 0 unspecified atom stereocenters. The fourth-order valence-corrected chi connectivity index (χ4v) is 2.85. The number of nitrogens with one attached hydrogen (secondary N) is 2. The molecule has 0 spiro atoms. The Morgan fingerprint density at radius 2 is 1.87 bits per heavy atom. The lowest BCUT2D eigenvalue weighted by Crippen LogP contribution is -2.07. The second-order valence-electron chi connectivity index (χ2n) is 5.39. The first-order valence-corrected chi connectivity index (χ1v) is 7.51. The monoisotopic (exact) mass is 306 g/mol. The summed E-state index contributed by atoms with van der Waals surface area (Å²) in [6.07, 6.45) is 4.27. The summed E-state index contributed by atoms with van der Waals surface area (Å²) in [7, 11) is 0. The topological polar surface area (TPSA) is 53.6 Å². The molecule has 4 aromatic rings. The van der Waals surface area contributed by atoms with Crippen molar-refractivity contribution in [2.45, 2.75) is 6.42 Å². The highest BCUT2D eigenvalue weighted by molar-refractivity contribution is 5.89. The van der Waals surface area contributed by atoms with Gasteiger partial charge in [0.15, 0.2) is 0 Å². The van der Waals surface area contributed by atoms with Gasteiger partial charge in [-0.15, -0.1) is 0 Å². The van der Waals surface area contributed by atoms with E-state index in [1.165, 1.54) is 23.3 Å². The second-order valence-corrected chi connectivity index (χ2v) is 5.39. The minimum Gasteiger partial charge on any atom is -0.369 e. The molecule has 0 aliphatic carbocycles. The van der Waals surface area contributed by atoms with E-state index in [0.29, 0.717) is 23.3 Å². The fourth-order valence-electron chi connectivity index (χ4n) is 2.85. The summed E-state index contributed by atoms with van der Waals surface area (Å²) in [4.78, 5) is 11.5. The van der Waals surface area contributed by atoms with Crippen molar-refractivity contribution in [2.24, 2.45) is 0 Å². The van der Waals surface area contributed by atoms with Crippen molar-refractivity contribution >= 4 is 27.6 Å². The summed E-state index contributed by atoms with van der Waals surface area (Å²) in [6.45, 7) is 0.713. The molecule has 0 saturated heterocycles. The molecule has 23 heavy (non-hydrogen) atoms. The van der Waals surface area contributed by atoms with Crippen LogP contribution in [0.2, 0.25) is 0 Å². The van der Waals surface area contributed by atoms with Crippen molar-refractivity contribution < 1.29 is 4.39 Å². The molecule has 0 amide bonds. The molecule has 5 heteroatoms. The zero-order chi connectivity index (χ0) is 15.6. The van der Waals surface area contributed by atoms with E-state index in [4.69, 9.17) is 0 Å². The number of aromatic nitrogens is 3. The van der Waals surface area contributed by atoms with Crippen LogP contribution in [0.3, 0.4) is 0 Å². The van der Waals surface area contributed by atoms with Gasteiger partial charge in [0, 0.05) is 29.0 Å². The zero-order valence-corrected chi connectivity index (χ0v) is 12.4. The van der Waals surface area contributed by atoms with Crippen molar-refractivity contribution in [3.8, 4) is 0 Å². The van der Waals surface area contributed by atoms with Crippen molar-refractivity contribution in [1.82, 2.24) is 15.0 Å². The Hall–Kier alpha value is -2.95. The van der Waals surface area contributed by atoms with Crippen LogP contribution in [-0.2, 0) is 6.42 Å². The molecule has 0 aliphatic rings. The van der Waals surface area contributed by atoms with Crippen LogP contribution in [0.15, 0.2) is 55.0 Å². The number of halogens is 1. The number of aromatic amines is 1. The molecule has 0 atom stereocenters. The van der Waals surface area contributed by atoms with E-state index >= 15 is 0 Å². The lowest BCUT2D eigenvalue weighted by molar-refractivity contribution is 0.636. The van der Waals surface area contributed by atoms with E-state index < -0.39 is 0 Å². The van der Waals surface area contributed by atoms with Crippen molar-refractivity contribution in [2.75, 3.05) is 11.9 Å². The van der Waals surface area contributed by atoms with Crippen LogP contribution in [0.5, 0.6) is 0 Å². The minimum absolute atomic E-state index is 0.329. The molecule has 0 fully saturated rings. The quantitative estimate of drug-likeness (QED) is 0.601. The molecular weight excluding hydrogens is 291 g/mol. The second kappa shape index (κ2) is 5.68. The molecule has 4 rings (SSSR count). The first-order valence-electron chi connectivity index (χ1n) is 7.51. The molecule has 2 heterocycles. The van der Waals surface area contributed by atoms with Gasteiger partial charge in [-0.05, 0) is 30.2 Å². The van der Waals surface area contributed by atoms with Gasteiger partial charge in [0.1, 0.15) is 23.5 Å². The third-order valence-corrected chi connectivity index (χ3v) is 3.98. The maximum absolute atomic E-state index is 13.8. The first kappa shape index (κ1) is 13.7. The first-order chi connectivity index (χ1) is 11.3. The fraction of sp³-hybridized carbons (Fsp3) is 0.111. The minimum atomic E-state index is -0.329. The largest absolute Gasteiger partial charge is 0.369 e. The maximum atomic E-state index is 13.8. The molecule has 0 bridgehead atoms. The number of hydrogen-bond donors (Lipinski definition) is 2. The average molecular weight is 306 g/mol. The Morgan fingerprint density at radius 1 is 1.00 bits per heavy atom. The van der Waals surface area contributed by atoms with Crippen LogP contribution in [0, 0.1) is 5.82 Å². The van der Waals surface area contributed by atoms with Gasteiger partial charge in [0.2, 0.25) is 0 Å². The highest BCUT2D eigenvalue weighted by atomic mass is 19.1. The molecule has 0 radical (unpaired) electrons. The Balaban J connectivity index is 1.55. The number of hydrogen-bond acceptors (Lipinski definition) is 3. The van der Waals surface area contributed by atoms with Crippen molar-refractivity contribution in [3.05, 3.63) is 66.4 Å². The number of H-pyrrole nitrogens is 1. The highest BCUT2D eigenvalue weighted by Crippen LogP contribution is 2.22. The predicted molar refractivity (Wildman–Crippen MR) is 90.0 cm³/mol. The third-order valence-electron chi connectivity index (χ3n) is 3.98. The average Bonchev–Trinajstić information content (AvgIpc) is 2.99. The summed E-state index contributed by atoms with van der Waals surface area (Å²) >= 11 is 0. The van der Waals surface area contributed by atoms with E-state index in [-0.39, 0.29) is 5.82 Å². The molecule has 4 nitrogen and oxygen atoms in total. The van der Waals surface area contributed by atoms with Crippen LogP contribution in [0.25, 0.3) is 21.8 Å². The smallest absolute Gasteiger partial charge is 0.149 e. The molecule has 2 N–H and O–H groups in total. The molecule has 0 aliphatic heterocycles. The summed E-state index contributed by atoms with van der Waals surface area (Å²) in [5.41, 5.74) is 2.73. The SMILES string of the molecule is Fc1cccc2c(NCCc3c[nH]c4ccccc34)ncnc12. The summed E-state index contributed by atoms with van der Waals surface area (Å²) < 4.78 is 13.8. The van der Waals surface area contributed by atoms with Crippen LogP contribution in [-0.4, -0.2) is 21.5 Å². The number of nitrogens with zero attached hydrogens (tertiary/aromatic N) is 2. The highest BCUT2D eigenvalue weighted by Gasteiger charge is 2.07. The number of benzene rings is 2. The van der Waals surface area contributed by atoms with Gasteiger partial charge in [-0.1, -0.05) is 24.3 Å². The number of para-hydroxylation sites is 2. The Labute approximate surface area is 132 Å². The van der Waals surface area contributed by atoms with E-state index in [1.54, 1.807) is 6.07 Å². The zero-order valence-electron chi connectivity index (χ0n) is 12.4. The summed E-state index contributed by atoms with van der Waals surface area (Å²) in [5.74, 6) is 0.332. The molecule has 114 valence electrons. The van der Waals surface area contributed by atoms with E-state index in [1.807, 2.05) is 24.4 Å². The molecule has 2 aromatic heterocycles. The third kappa shape index (κ3) is 2.50. The molecule has 0 saturated carbocycles. The van der Waals surface area contributed by atoms with Gasteiger partial charge in [0.25, 0.3) is 0 Å². The van der Waals surface area contributed by atoms with E-state index in [0.717, 1.165) is 11.9 Å². The van der Waals surface area contributed by atoms with Crippen LogP contribution in [0.1, 0.15) is 5.56 Å². The van der Waals surface area contributed by atoms with Crippen LogP contribution < -0.4 is 5.32 Å². The standard InChI is InChI=1S/C18H15FN4/c19-15-6-3-5-14-17(15)22-11-23-18(14)20-9-8-12-10-21-16-7-2-1-4-13(12)16/h1-7,10-11,21H,8-9H2,(H,20,22,23). The van der Waals surface area contributed by atoms with Gasteiger partial charge in [0.05, 0.1) is 0 Å². The summed E-state index contributed by atoms with van der Waals surface area (Å²) in [5, 5.41) is 5.22. The predicted octanol–water partition coefficient (Wildman–Crippen LogP) is 3.90. The van der Waals surface area contributed by atoms with Crippen molar-refractivity contribution in [1.29, 1.82) is 0 Å². The van der Waals surface area contributed by atoms with Gasteiger partial charge in [-0.3, -0.25) is 0 Å². The number of fused-ring (bicyclic) bond motifs is 2.